The third-order valence-electron chi connectivity index (χ3n) is 3.55. The minimum Gasteiger partial charge on any atom is -0.361 e. The van der Waals surface area contributed by atoms with Gasteiger partial charge in [-0.25, -0.2) is 4.98 Å². The highest BCUT2D eigenvalue weighted by atomic mass is 16.5. The lowest BCUT2D eigenvalue weighted by Crippen LogP contribution is -1.92. The largest absolute Gasteiger partial charge is 0.361 e. The molecule has 0 saturated carbocycles. The predicted molar refractivity (Wildman–Crippen MR) is 79.2 cm³/mol. The molecule has 0 bridgehead atoms. The molecule has 20 heavy (non-hydrogen) atoms. The molecule has 1 N–H and O–H groups in total. The molecule has 0 fully saturated rings. The Hall–Kier alpha value is -2.43. The molecule has 0 aromatic carbocycles. The summed E-state index contributed by atoms with van der Waals surface area (Å²) in [6, 6.07) is 4.05. The van der Waals surface area contributed by atoms with Crippen LogP contribution in [0, 0.1) is 13.8 Å². The number of aromatic amines is 1. The molecule has 0 aliphatic heterocycles. The minimum absolute atomic E-state index is 0.785. The van der Waals surface area contributed by atoms with Crippen LogP contribution in [-0.4, -0.2) is 27.9 Å². The Bertz CT molecular complexity index is 791. The van der Waals surface area contributed by atoms with E-state index in [0.29, 0.717) is 0 Å². The number of nitrogens with one attached hydrogen (secondary N) is 1. The smallest absolute Gasteiger partial charge is 0.143 e. The number of nitrogens with zero attached hydrogens (tertiary/aromatic N) is 3. The lowest BCUT2D eigenvalue weighted by atomic mass is 10.1. The fraction of sp³-hybridized carbons (Fsp3) is 0.267. The van der Waals surface area contributed by atoms with Gasteiger partial charge in [-0.1, -0.05) is 5.16 Å². The van der Waals surface area contributed by atoms with Crippen molar-refractivity contribution in [1.82, 2.24) is 15.1 Å². The molecule has 0 atom stereocenters. The van der Waals surface area contributed by atoms with Crippen molar-refractivity contribution in [2.45, 2.75) is 20.8 Å². The number of H-pyrrole nitrogens is 1. The summed E-state index contributed by atoms with van der Waals surface area (Å²) in [6.07, 6.45) is 1.94. The van der Waals surface area contributed by atoms with Crippen LogP contribution in [0.4, 0.5) is 0 Å². The third-order valence-corrected chi connectivity index (χ3v) is 3.55. The highest BCUT2D eigenvalue weighted by Crippen LogP contribution is 2.27. The Balaban J connectivity index is 2.18. The van der Waals surface area contributed by atoms with E-state index < -0.39 is 0 Å². The molecule has 102 valence electrons. The van der Waals surface area contributed by atoms with Gasteiger partial charge in [0.15, 0.2) is 0 Å². The number of aliphatic imine (C=N–C) groups is 1. The SMILES string of the molecule is CN=C(C)c1c[nH]c2nc(-c3c(C)noc3C)ccc12. The molecule has 0 spiro atoms. The number of aryl methyl sites for hydroxylation is 2. The number of pyridine rings is 1. The zero-order valence-corrected chi connectivity index (χ0v) is 12.0. The summed E-state index contributed by atoms with van der Waals surface area (Å²) in [7, 11) is 1.79. The summed E-state index contributed by atoms with van der Waals surface area (Å²) in [5.41, 5.74) is 5.61. The average molecular weight is 268 g/mol. The monoisotopic (exact) mass is 268 g/mol. The number of aromatic nitrogens is 3. The van der Waals surface area contributed by atoms with Crippen LogP contribution in [0.3, 0.4) is 0 Å². The van der Waals surface area contributed by atoms with E-state index >= 15 is 0 Å². The number of fused-ring (bicyclic) bond motifs is 1. The Labute approximate surface area is 116 Å². The highest BCUT2D eigenvalue weighted by molar-refractivity contribution is 6.09. The van der Waals surface area contributed by atoms with Gasteiger partial charge < -0.3 is 9.51 Å². The van der Waals surface area contributed by atoms with Gasteiger partial charge in [0.05, 0.1) is 17.0 Å². The zero-order chi connectivity index (χ0) is 14.3. The fourth-order valence-electron chi connectivity index (χ4n) is 2.41. The number of hydrogen-bond acceptors (Lipinski definition) is 4. The molecule has 5 nitrogen and oxygen atoms in total. The standard InChI is InChI=1S/C15H16N4O/c1-8(16-4)12-7-17-15-11(12)5-6-13(18-15)14-9(2)19-20-10(14)3/h5-7H,1-4H3,(H,17,18). The molecule has 3 aromatic heterocycles. The van der Waals surface area contributed by atoms with Crippen LogP contribution in [-0.2, 0) is 0 Å². The van der Waals surface area contributed by atoms with Crippen LogP contribution in [0.5, 0.6) is 0 Å². The average Bonchev–Trinajstić information content (AvgIpc) is 3.01. The summed E-state index contributed by atoms with van der Waals surface area (Å²) in [5, 5.41) is 5.05. The Morgan fingerprint density at radius 1 is 1.30 bits per heavy atom. The zero-order valence-electron chi connectivity index (χ0n) is 12.0. The van der Waals surface area contributed by atoms with E-state index in [1.807, 2.05) is 33.0 Å². The molecular weight excluding hydrogens is 252 g/mol. The summed E-state index contributed by atoms with van der Waals surface area (Å²) in [4.78, 5) is 12.1. The first-order chi connectivity index (χ1) is 9.61. The van der Waals surface area contributed by atoms with Crippen molar-refractivity contribution in [3.8, 4) is 11.3 Å². The maximum atomic E-state index is 5.20. The topological polar surface area (TPSA) is 67.1 Å². The molecule has 0 unspecified atom stereocenters. The first kappa shape index (κ1) is 12.6. The van der Waals surface area contributed by atoms with Gasteiger partial charge in [-0.2, -0.15) is 0 Å². The maximum Gasteiger partial charge on any atom is 0.143 e. The minimum atomic E-state index is 0.785. The molecule has 3 heterocycles. The second kappa shape index (κ2) is 4.59. The third kappa shape index (κ3) is 1.82. The van der Waals surface area contributed by atoms with E-state index in [-0.39, 0.29) is 0 Å². The van der Waals surface area contributed by atoms with Crippen molar-refractivity contribution < 1.29 is 4.52 Å². The maximum absolute atomic E-state index is 5.20. The van der Waals surface area contributed by atoms with Gasteiger partial charge in [-0.15, -0.1) is 0 Å². The van der Waals surface area contributed by atoms with Crippen LogP contribution in [0.15, 0.2) is 27.8 Å². The van der Waals surface area contributed by atoms with Crippen molar-refractivity contribution in [3.05, 3.63) is 35.3 Å². The predicted octanol–water partition coefficient (Wildman–Crippen LogP) is 3.27. The summed E-state index contributed by atoms with van der Waals surface area (Å²) >= 11 is 0. The van der Waals surface area contributed by atoms with E-state index in [4.69, 9.17) is 4.52 Å². The number of hydrogen-bond donors (Lipinski definition) is 1. The fourth-order valence-corrected chi connectivity index (χ4v) is 2.41. The molecule has 0 aliphatic carbocycles. The van der Waals surface area contributed by atoms with Crippen molar-refractivity contribution in [1.29, 1.82) is 0 Å². The summed E-state index contributed by atoms with van der Waals surface area (Å²) in [6.45, 7) is 5.81. The second-order valence-corrected chi connectivity index (χ2v) is 4.80. The Morgan fingerprint density at radius 2 is 2.10 bits per heavy atom. The van der Waals surface area contributed by atoms with Crippen molar-refractivity contribution in [3.63, 3.8) is 0 Å². The Morgan fingerprint density at radius 3 is 2.75 bits per heavy atom. The first-order valence-electron chi connectivity index (χ1n) is 6.47. The van der Waals surface area contributed by atoms with E-state index in [9.17, 15) is 0 Å². The van der Waals surface area contributed by atoms with Gasteiger partial charge in [0.1, 0.15) is 11.4 Å². The van der Waals surface area contributed by atoms with E-state index in [2.05, 4.69) is 26.2 Å². The summed E-state index contributed by atoms with van der Waals surface area (Å²) < 4.78 is 5.20. The lowest BCUT2D eigenvalue weighted by molar-refractivity contribution is 0.393. The van der Waals surface area contributed by atoms with E-state index in [0.717, 1.165) is 45.0 Å². The van der Waals surface area contributed by atoms with Crippen LogP contribution in [0.25, 0.3) is 22.3 Å². The van der Waals surface area contributed by atoms with Crippen LogP contribution in [0.2, 0.25) is 0 Å². The van der Waals surface area contributed by atoms with Crippen molar-refractivity contribution >= 4 is 16.7 Å². The van der Waals surface area contributed by atoms with Crippen LogP contribution < -0.4 is 0 Å². The molecule has 0 saturated heterocycles. The van der Waals surface area contributed by atoms with Gasteiger partial charge >= 0.3 is 0 Å². The van der Waals surface area contributed by atoms with E-state index in [1.165, 1.54) is 0 Å². The van der Waals surface area contributed by atoms with Gasteiger partial charge in [-0.05, 0) is 32.9 Å². The van der Waals surface area contributed by atoms with Gasteiger partial charge in [0.25, 0.3) is 0 Å². The lowest BCUT2D eigenvalue weighted by Gasteiger charge is -2.01. The quantitative estimate of drug-likeness (QED) is 0.725. The number of rotatable bonds is 2. The van der Waals surface area contributed by atoms with Crippen molar-refractivity contribution in [2.75, 3.05) is 7.05 Å². The van der Waals surface area contributed by atoms with Gasteiger partial charge in [0, 0.05) is 29.9 Å². The second-order valence-electron chi connectivity index (χ2n) is 4.80. The van der Waals surface area contributed by atoms with Crippen LogP contribution >= 0.6 is 0 Å². The Kier molecular flexibility index (Phi) is 2.89. The molecule has 5 heteroatoms. The normalized spacial score (nSPS) is 12.3. The molecule has 3 aromatic rings. The van der Waals surface area contributed by atoms with Crippen molar-refractivity contribution in [2.24, 2.45) is 4.99 Å². The molecule has 0 aliphatic rings. The van der Waals surface area contributed by atoms with E-state index in [1.54, 1.807) is 7.05 Å². The van der Waals surface area contributed by atoms with Crippen LogP contribution in [0.1, 0.15) is 23.9 Å². The van der Waals surface area contributed by atoms with Gasteiger partial charge in [-0.3, -0.25) is 4.99 Å². The summed E-state index contributed by atoms with van der Waals surface area (Å²) in [5.74, 6) is 0.785. The molecule has 0 amide bonds. The molecule has 3 rings (SSSR count). The first-order valence-corrected chi connectivity index (χ1v) is 6.47. The molecular formula is C15H16N4O. The molecule has 0 radical (unpaired) electrons. The highest BCUT2D eigenvalue weighted by Gasteiger charge is 2.14. The van der Waals surface area contributed by atoms with Gasteiger partial charge in [0.2, 0.25) is 0 Å².